The average molecular weight is 596 g/mol. The molecule has 2 aliphatic rings. The summed E-state index contributed by atoms with van der Waals surface area (Å²) in [7, 11) is 0. The van der Waals surface area contributed by atoms with Gasteiger partial charge in [0.1, 0.15) is 0 Å². The highest BCUT2D eigenvalue weighted by atomic mass is 32.2. The van der Waals surface area contributed by atoms with Gasteiger partial charge in [-0.2, -0.15) is 0 Å². The largest absolute Gasteiger partial charge is 0.308 e. The van der Waals surface area contributed by atoms with E-state index >= 15 is 0 Å². The number of hydrogen-bond acceptors (Lipinski definition) is 2. The molecular formula is C41H25NS2. The smallest absolute Gasteiger partial charge is 0.0698 e. The van der Waals surface area contributed by atoms with Crippen LogP contribution in [0.5, 0.6) is 0 Å². The molecule has 3 heteroatoms. The van der Waals surface area contributed by atoms with Gasteiger partial charge in [-0.15, -0.1) is 0 Å². The molecule has 0 amide bonds. The molecular weight excluding hydrogens is 571 g/mol. The molecule has 1 aliphatic carbocycles. The molecule has 0 saturated carbocycles. The fraction of sp³-hybridized carbons (Fsp3) is 0.0244. The van der Waals surface area contributed by atoms with E-state index in [1.807, 2.05) is 23.5 Å². The van der Waals surface area contributed by atoms with Crippen molar-refractivity contribution in [2.24, 2.45) is 0 Å². The molecule has 7 aromatic carbocycles. The predicted octanol–water partition coefficient (Wildman–Crippen LogP) is 11.8. The second-order valence-corrected chi connectivity index (χ2v) is 13.8. The number of fused-ring (bicyclic) bond motifs is 12. The first-order valence-electron chi connectivity index (χ1n) is 15.1. The summed E-state index contributed by atoms with van der Waals surface area (Å²) in [5, 5.41) is 5.29. The minimum absolute atomic E-state index is 1.03. The standard InChI is InChI=1S/C41H25NS2/c1-2-10-30-27(9-1)23-28-18-17-26(24-34(28)30)25-19-21-29(22-20-25)42-35-14-6-5-13-33(35)38-31-11-3-4-12-32(31)40-41(39(38)42)44-37-16-8-7-15-36(37)43-40/h1-22,24H,23H2. The highest BCUT2D eigenvalue weighted by molar-refractivity contribution is 8.05. The maximum atomic E-state index is 2.50. The Morgan fingerprint density at radius 2 is 1.11 bits per heavy atom. The van der Waals surface area contributed by atoms with Gasteiger partial charge in [0.15, 0.2) is 0 Å². The lowest BCUT2D eigenvalue weighted by Crippen LogP contribution is -1.98. The van der Waals surface area contributed by atoms with Gasteiger partial charge in [0, 0.05) is 31.1 Å². The first kappa shape index (κ1) is 24.7. The lowest BCUT2D eigenvalue weighted by molar-refractivity contribution is 1.12. The Balaban J connectivity index is 1.19. The molecule has 0 spiro atoms. The van der Waals surface area contributed by atoms with Crippen molar-refractivity contribution in [3.05, 3.63) is 151 Å². The molecule has 10 rings (SSSR count). The van der Waals surface area contributed by atoms with Crippen LogP contribution in [-0.4, -0.2) is 4.57 Å². The number of aromatic nitrogens is 1. The average Bonchev–Trinajstić information content (AvgIpc) is 3.64. The third kappa shape index (κ3) is 3.51. The Kier molecular flexibility index (Phi) is 5.28. The highest BCUT2D eigenvalue weighted by Crippen LogP contribution is 2.55. The molecule has 0 saturated heterocycles. The van der Waals surface area contributed by atoms with Crippen LogP contribution in [0.4, 0.5) is 0 Å². The minimum Gasteiger partial charge on any atom is -0.308 e. The summed E-state index contributed by atoms with van der Waals surface area (Å²) in [6, 6.07) is 51.7. The molecule has 44 heavy (non-hydrogen) atoms. The maximum Gasteiger partial charge on any atom is 0.0698 e. The molecule has 0 bridgehead atoms. The summed E-state index contributed by atoms with van der Waals surface area (Å²) in [6.45, 7) is 0. The van der Waals surface area contributed by atoms with E-state index in [0.717, 1.165) is 6.42 Å². The van der Waals surface area contributed by atoms with Gasteiger partial charge in [-0.1, -0.05) is 127 Å². The van der Waals surface area contributed by atoms with Crippen LogP contribution in [0, 0.1) is 0 Å². The number of benzene rings is 7. The Hall–Kier alpha value is -4.70. The molecule has 0 N–H and O–H groups in total. The fourth-order valence-corrected chi connectivity index (χ4v) is 9.81. The molecule has 0 radical (unpaired) electrons. The predicted molar refractivity (Wildman–Crippen MR) is 187 cm³/mol. The van der Waals surface area contributed by atoms with Crippen LogP contribution in [0.3, 0.4) is 0 Å². The third-order valence-corrected chi connectivity index (χ3v) is 11.9. The van der Waals surface area contributed by atoms with Crippen molar-refractivity contribution < 1.29 is 0 Å². The van der Waals surface area contributed by atoms with Crippen molar-refractivity contribution >= 4 is 56.1 Å². The Morgan fingerprint density at radius 3 is 1.95 bits per heavy atom. The minimum atomic E-state index is 1.03. The fourth-order valence-electron chi connectivity index (χ4n) is 7.27. The molecule has 206 valence electrons. The number of rotatable bonds is 2. The topological polar surface area (TPSA) is 4.93 Å². The second kappa shape index (κ2) is 9.40. The zero-order valence-corrected chi connectivity index (χ0v) is 25.4. The summed E-state index contributed by atoms with van der Waals surface area (Å²) >= 11 is 3.83. The van der Waals surface area contributed by atoms with Gasteiger partial charge >= 0.3 is 0 Å². The highest BCUT2D eigenvalue weighted by Gasteiger charge is 2.27. The molecule has 2 heterocycles. The number of para-hydroxylation sites is 1. The van der Waals surface area contributed by atoms with Crippen LogP contribution >= 0.6 is 23.5 Å². The molecule has 0 atom stereocenters. The Labute approximate surface area is 264 Å². The van der Waals surface area contributed by atoms with E-state index in [2.05, 4.69) is 144 Å². The molecule has 0 unspecified atom stereocenters. The normalized spacial score (nSPS) is 13.2. The van der Waals surface area contributed by atoms with Crippen LogP contribution in [0.15, 0.2) is 159 Å². The molecule has 1 nitrogen and oxygen atoms in total. The van der Waals surface area contributed by atoms with Gasteiger partial charge in [0.25, 0.3) is 0 Å². The molecule has 1 aromatic heterocycles. The van der Waals surface area contributed by atoms with Gasteiger partial charge < -0.3 is 4.57 Å². The van der Waals surface area contributed by atoms with E-state index in [9.17, 15) is 0 Å². The number of nitrogens with zero attached hydrogens (tertiary/aromatic N) is 1. The van der Waals surface area contributed by atoms with Crippen LogP contribution in [0.1, 0.15) is 11.1 Å². The monoisotopic (exact) mass is 595 g/mol. The van der Waals surface area contributed by atoms with Crippen LogP contribution < -0.4 is 0 Å². The first-order chi connectivity index (χ1) is 21.8. The lowest BCUT2D eigenvalue weighted by Gasteiger charge is -2.22. The van der Waals surface area contributed by atoms with Crippen molar-refractivity contribution in [3.8, 4) is 27.9 Å². The summed E-state index contributed by atoms with van der Waals surface area (Å²) < 4.78 is 2.50. The van der Waals surface area contributed by atoms with Gasteiger partial charge in [-0.3, -0.25) is 0 Å². The summed E-state index contributed by atoms with van der Waals surface area (Å²) in [5.41, 5.74) is 11.8. The quantitative estimate of drug-likeness (QED) is 0.196. The van der Waals surface area contributed by atoms with Crippen LogP contribution in [0.2, 0.25) is 0 Å². The Morgan fingerprint density at radius 1 is 0.477 bits per heavy atom. The van der Waals surface area contributed by atoms with Crippen molar-refractivity contribution in [3.63, 3.8) is 0 Å². The van der Waals surface area contributed by atoms with E-state index in [4.69, 9.17) is 0 Å². The number of hydrogen-bond donors (Lipinski definition) is 0. The summed E-state index contributed by atoms with van der Waals surface area (Å²) in [4.78, 5) is 5.36. The third-order valence-electron chi connectivity index (χ3n) is 9.27. The van der Waals surface area contributed by atoms with Gasteiger partial charge in [-0.05, 0) is 87.0 Å². The lowest BCUT2D eigenvalue weighted by atomic mass is 9.98. The van der Waals surface area contributed by atoms with Crippen molar-refractivity contribution in [1.82, 2.24) is 4.57 Å². The van der Waals surface area contributed by atoms with Crippen LogP contribution in [0.25, 0.3) is 60.5 Å². The molecule has 8 aromatic rings. The van der Waals surface area contributed by atoms with Crippen molar-refractivity contribution in [2.75, 3.05) is 0 Å². The van der Waals surface area contributed by atoms with E-state index in [0.29, 0.717) is 0 Å². The molecule has 0 fully saturated rings. The van der Waals surface area contributed by atoms with E-state index in [1.165, 1.54) is 91.2 Å². The van der Waals surface area contributed by atoms with Gasteiger partial charge in [0.2, 0.25) is 0 Å². The van der Waals surface area contributed by atoms with E-state index in [1.54, 1.807) is 0 Å². The van der Waals surface area contributed by atoms with E-state index in [-0.39, 0.29) is 0 Å². The first-order valence-corrected chi connectivity index (χ1v) is 16.7. The molecule has 1 aliphatic heterocycles. The second-order valence-electron chi connectivity index (χ2n) is 11.7. The maximum absolute atomic E-state index is 2.50. The summed E-state index contributed by atoms with van der Waals surface area (Å²) in [6.07, 6.45) is 1.03. The zero-order chi connectivity index (χ0) is 28.8. The van der Waals surface area contributed by atoms with Crippen molar-refractivity contribution in [1.29, 1.82) is 0 Å². The SMILES string of the molecule is c1ccc2c(c1)Cc1ccc(-c3ccc(-n4c5ccccc5c5c6ccccc6c6c(c54)Sc4ccccc4S6)cc3)cc1-2. The van der Waals surface area contributed by atoms with Crippen molar-refractivity contribution in [2.45, 2.75) is 26.0 Å². The van der Waals surface area contributed by atoms with Crippen LogP contribution in [-0.2, 0) is 6.42 Å². The summed E-state index contributed by atoms with van der Waals surface area (Å²) in [5.74, 6) is 0. The Bertz CT molecular complexity index is 2470. The van der Waals surface area contributed by atoms with Gasteiger partial charge in [-0.25, -0.2) is 0 Å². The van der Waals surface area contributed by atoms with Gasteiger partial charge in [0.05, 0.1) is 15.9 Å². The van der Waals surface area contributed by atoms with E-state index < -0.39 is 0 Å². The zero-order valence-electron chi connectivity index (χ0n) is 23.7.